The molecule has 0 spiro atoms. The SMILES string of the molecule is COc1ccc(-c2c(-c3ccc(C#N)c(F)c3)nc(OCC3CCN(C)CC3)n(C)c2=O)cc1. The van der Waals surface area contributed by atoms with E-state index < -0.39 is 5.82 Å². The van der Waals surface area contributed by atoms with Crippen LogP contribution in [0.3, 0.4) is 0 Å². The second-order valence-electron chi connectivity index (χ2n) is 8.57. The number of nitrogens with zero attached hydrogens (tertiary/aromatic N) is 4. The molecule has 176 valence electrons. The highest BCUT2D eigenvalue weighted by Gasteiger charge is 2.22. The molecule has 0 aliphatic carbocycles. The number of halogens is 1. The molecule has 0 amide bonds. The van der Waals surface area contributed by atoms with E-state index in [0.717, 1.165) is 25.9 Å². The molecule has 0 radical (unpaired) electrons. The van der Waals surface area contributed by atoms with Gasteiger partial charge in [-0.05, 0) is 68.7 Å². The Kier molecular flexibility index (Phi) is 6.94. The summed E-state index contributed by atoms with van der Waals surface area (Å²) in [5.41, 5.74) is 1.26. The van der Waals surface area contributed by atoms with Gasteiger partial charge >= 0.3 is 0 Å². The van der Waals surface area contributed by atoms with Crippen molar-refractivity contribution >= 4 is 0 Å². The third-order valence-electron chi connectivity index (χ3n) is 6.28. The normalized spacial score (nSPS) is 14.6. The molecular weight excluding hydrogens is 435 g/mol. The lowest BCUT2D eigenvalue weighted by Crippen LogP contribution is -2.33. The average Bonchev–Trinajstić information content (AvgIpc) is 2.86. The van der Waals surface area contributed by atoms with Crippen molar-refractivity contribution in [3.05, 3.63) is 64.2 Å². The molecule has 4 rings (SSSR count). The lowest BCUT2D eigenvalue weighted by Gasteiger charge is -2.28. The molecule has 0 saturated carbocycles. The van der Waals surface area contributed by atoms with Crippen LogP contribution in [0.2, 0.25) is 0 Å². The van der Waals surface area contributed by atoms with Gasteiger partial charge < -0.3 is 14.4 Å². The Morgan fingerprint density at radius 3 is 2.41 bits per heavy atom. The summed E-state index contributed by atoms with van der Waals surface area (Å²) in [6.45, 7) is 2.47. The van der Waals surface area contributed by atoms with Crippen LogP contribution in [0.1, 0.15) is 18.4 Å². The Balaban J connectivity index is 1.78. The minimum Gasteiger partial charge on any atom is -0.497 e. The lowest BCUT2D eigenvalue weighted by atomic mass is 9.98. The van der Waals surface area contributed by atoms with Crippen molar-refractivity contribution in [1.29, 1.82) is 5.26 Å². The molecule has 0 atom stereocenters. The number of piperidine rings is 1. The Bertz CT molecular complexity index is 1270. The topological polar surface area (TPSA) is 80.4 Å². The minimum absolute atomic E-state index is 0.0719. The van der Waals surface area contributed by atoms with E-state index in [1.807, 2.05) is 6.07 Å². The molecule has 2 heterocycles. The van der Waals surface area contributed by atoms with Crippen LogP contribution < -0.4 is 15.0 Å². The fraction of sp³-hybridized carbons (Fsp3) is 0.346. The summed E-state index contributed by atoms with van der Waals surface area (Å²) in [6, 6.07) is 13.2. The van der Waals surface area contributed by atoms with Crippen LogP contribution in [-0.4, -0.2) is 48.3 Å². The van der Waals surface area contributed by atoms with Crippen LogP contribution in [0.4, 0.5) is 4.39 Å². The Hall–Kier alpha value is -3.70. The van der Waals surface area contributed by atoms with E-state index in [4.69, 9.17) is 14.7 Å². The zero-order valence-corrected chi connectivity index (χ0v) is 19.5. The van der Waals surface area contributed by atoms with Gasteiger partial charge in [-0.25, -0.2) is 4.39 Å². The Morgan fingerprint density at radius 1 is 1.12 bits per heavy atom. The first kappa shape index (κ1) is 23.5. The molecule has 1 saturated heterocycles. The molecule has 2 aromatic carbocycles. The summed E-state index contributed by atoms with van der Waals surface area (Å²) in [4.78, 5) is 20.5. The number of likely N-dealkylation sites (tertiary alicyclic amines) is 1. The van der Waals surface area contributed by atoms with Gasteiger partial charge in [0.2, 0.25) is 0 Å². The predicted molar refractivity (Wildman–Crippen MR) is 127 cm³/mol. The second-order valence-corrected chi connectivity index (χ2v) is 8.57. The highest BCUT2D eigenvalue weighted by atomic mass is 19.1. The van der Waals surface area contributed by atoms with Crippen molar-refractivity contribution in [1.82, 2.24) is 14.5 Å². The van der Waals surface area contributed by atoms with Gasteiger partial charge in [-0.3, -0.25) is 9.36 Å². The van der Waals surface area contributed by atoms with Gasteiger partial charge in [0, 0.05) is 12.6 Å². The zero-order chi connectivity index (χ0) is 24.2. The standard InChI is InChI=1S/C26H27FN4O3/c1-30-12-10-17(11-13-30)16-34-26-29-24(19-4-5-20(15-28)22(27)14-19)23(25(32)31(26)2)18-6-8-21(33-3)9-7-18/h4-9,14,17H,10-13,16H2,1-3H3. The molecular formula is C26H27FN4O3. The number of hydrogen-bond donors (Lipinski definition) is 0. The van der Waals surface area contributed by atoms with E-state index in [1.165, 1.54) is 16.7 Å². The maximum absolute atomic E-state index is 14.5. The zero-order valence-electron chi connectivity index (χ0n) is 19.5. The summed E-state index contributed by atoms with van der Waals surface area (Å²) in [6.07, 6.45) is 2.03. The van der Waals surface area contributed by atoms with Gasteiger partial charge in [0.05, 0.1) is 30.5 Å². The number of hydrogen-bond acceptors (Lipinski definition) is 6. The average molecular weight is 463 g/mol. The monoisotopic (exact) mass is 462 g/mol. The molecule has 34 heavy (non-hydrogen) atoms. The van der Waals surface area contributed by atoms with Gasteiger partial charge in [-0.15, -0.1) is 0 Å². The number of nitriles is 1. The first-order chi connectivity index (χ1) is 16.4. The highest BCUT2D eigenvalue weighted by molar-refractivity contribution is 5.80. The maximum Gasteiger partial charge on any atom is 0.299 e. The summed E-state index contributed by atoms with van der Waals surface area (Å²) in [5.74, 6) is 0.361. The van der Waals surface area contributed by atoms with Crippen LogP contribution >= 0.6 is 0 Å². The summed E-state index contributed by atoms with van der Waals surface area (Å²) in [5, 5.41) is 9.10. The van der Waals surface area contributed by atoms with Crippen molar-refractivity contribution in [3.63, 3.8) is 0 Å². The van der Waals surface area contributed by atoms with Crippen molar-refractivity contribution in [2.45, 2.75) is 12.8 Å². The maximum atomic E-state index is 14.5. The molecule has 1 aliphatic rings. The van der Waals surface area contributed by atoms with Crippen LogP contribution in [0, 0.1) is 23.1 Å². The summed E-state index contributed by atoms with van der Waals surface area (Å²) < 4.78 is 27.1. The minimum atomic E-state index is -0.669. The quantitative estimate of drug-likeness (QED) is 0.554. The van der Waals surface area contributed by atoms with Gasteiger partial charge in [0.25, 0.3) is 11.6 Å². The van der Waals surface area contributed by atoms with E-state index >= 15 is 0 Å². The fourth-order valence-electron chi connectivity index (χ4n) is 4.11. The van der Waals surface area contributed by atoms with E-state index in [-0.39, 0.29) is 17.1 Å². The fourth-order valence-corrected chi connectivity index (χ4v) is 4.11. The predicted octanol–water partition coefficient (Wildman–Crippen LogP) is 3.85. The highest BCUT2D eigenvalue weighted by Crippen LogP contribution is 2.31. The van der Waals surface area contributed by atoms with Crippen molar-refractivity contribution in [2.75, 3.05) is 33.9 Å². The molecule has 3 aromatic rings. The summed E-state index contributed by atoms with van der Waals surface area (Å²) >= 11 is 0. The van der Waals surface area contributed by atoms with Crippen molar-refractivity contribution < 1.29 is 13.9 Å². The molecule has 1 aliphatic heterocycles. The molecule has 1 aromatic heterocycles. The van der Waals surface area contributed by atoms with Gasteiger partial charge in [0.1, 0.15) is 17.6 Å². The molecule has 7 nitrogen and oxygen atoms in total. The lowest BCUT2D eigenvalue weighted by molar-refractivity contribution is 0.150. The van der Waals surface area contributed by atoms with Crippen molar-refractivity contribution in [3.8, 4) is 40.2 Å². The number of methoxy groups -OCH3 is 1. The van der Waals surface area contributed by atoms with E-state index in [0.29, 0.717) is 40.7 Å². The first-order valence-electron chi connectivity index (χ1n) is 11.2. The largest absolute Gasteiger partial charge is 0.497 e. The second kappa shape index (κ2) is 10.1. The first-order valence-corrected chi connectivity index (χ1v) is 11.2. The number of aromatic nitrogens is 2. The Morgan fingerprint density at radius 2 is 1.79 bits per heavy atom. The van der Waals surface area contributed by atoms with Crippen LogP contribution in [0.25, 0.3) is 22.4 Å². The number of rotatable bonds is 6. The van der Waals surface area contributed by atoms with E-state index in [9.17, 15) is 9.18 Å². The molecule has 0 N–H and O–H groups in total. The molecule has 8 heteroatoms. The number of ether oxygens (including phenoxy) is 2. The van der Waals surface area contributed by atoms with Gasteiger partial charge in [-0.2, -0.15) is 10.2 Å². The van der Waals surface area contributed by atoms with Crippen LogP contribution in [0.15, 0.2) is 47.3 Å². The molecule has 0 unspecified atom stereocenters. The van der Waals surface area contributed by atoms with Gasteiger partial charge in [-0.1, -0.05) is 18.2 Å². The molecule has 1 fully saturated rings. The number of benzene rings is 2. The van der Waals surface area contributed by atoms with E-state index in [2.05, 4.69) is 16.9 Å². The van der Waals surface area contributed by atoms with Crippen molar-refractivity contribution in [2.24, 2.45) is 13.0 Å². The third-order valence-corrected chi connectivity index (χ3v) is 6.28. The molecule has 0 bridgehead atoms. The van der Waals surface area contributed by atoms with Gasteiger partial charge in [0.15, 0.2) is 0 Å². The summed E-state index contributed by atoms with van der Waals surface area (Å²) in [7, 11) is 5.29. The van der Waals surface area contributed by atoms with Crippen LogP contribution in [-0.2, 0) is 7.05 Å². The smallest absolute Gasteiger partial charge is 0.299 e. The van der Waals surface area contributed by atoms with Crippen LogP contribution in [0.5, 0.6) is 11.8 Å². The third kappa shape index (κ3) is 4.80. The van der Waals surface area contributed by atoms with E-state index in [1.54, 1.807) is 44.5 Å². The Labute approximate surface area is 198 Å².